The van der Waals surface area contributed by atoms with Crippen LogP contribution in [0.5, 0.6) is 5.75 Å². The van der Waals surface area contributed by atoms with Crippen LogP contribution in [0.1, 0.15) is 5.56 Å². The molecule has 0 bridgehead atoms. The van der Waals surface area contributed by atoms with E-state index in [1.807, 2.05) is 24.3 Å². The number of rotatable bonds is 4. The van der Waals surface area contributed by atoms with Gasteiger partial charge in [-0.15, -0.1) is 0 Å². The first-order valence-corrected chi connectivity index (χ1v) is 7.40. The van der Waals surface area contributed by atoms with Gasteiger partial charge in [0, 0.05) is 45.3 Å². The molecule has 0 saturated carbocycles. The van der Waals surface area contributed by atoms with Crippen molar-refractivity contribution in [2.24, 2.45) is 0 Å². The van der Waals surface area contributed by atoms with Crippen LogP contribution in [0.15, 0.2) is 61.2 Å². The molecule has 0 aliphatic rings. The van der Waals surface area contributed by atoms with Gasteiger partial charge in [0.25, 0.3) is 0 Å². The van der Waals surface area contributed by atoms with Crippen LogP contribution in [0.3, 0.4) is 0 Å². The molecule has 0 saturated heterocycles. The highest BCUT2D eigenvalue weighted by molar-refractivity contribution is 6.35. The van der Waals surface area contributed by atoms with Gasteiger partial charge in [0.2, 0.25) is 0 Å². The molecule has 0 N–H and O–H groups in total. The molecule has 0 unspecified atom stereocenters. The fourth-order valence-electron chi connectivity index (χ4n) is 1.99. The third-order valence-electron chi connectivity index (χ3n) is 3.12. The fourth-order valence-corrected chi connectivity index (χ4v) is 2.45. The van der Waals surface area contributed by atoms with Gasteiger partial charge in [0.1, 0.15) is 12.4 Å². The van der Waals surface area contributed by atoms with Crippen molar-refractivity contribution in [2.75, 3.05) is 0 Å². The SMILES string of the molecule is Clc1ccc(COc2cncc(-c3cccnc3)c2)c(Cl)c1. The van der Waals surface area contributed by atoms with Crippen LogP contribution >= 0.6 is 23.2 Å². The topological polar surface area (TPSA) is 35.0 Å². The lowest BCUT2D eigenvalue weighted by molar-refractivity contribution is 0.305. The van der Waals surface area contributed by atoms with Gasteiger partial charge in [0.05, 0.1) is 6.20 Å². The summed E-state index contributed by atoms with van der Waals surface area (Å²) >= 11 is 12.0. The lowest BCUT2D eigenvalue weighted by Gasteiger charge is -2.09. The van der Waals surface area contributed by atoms with Crippen molar-refractivity contribution >= 4 is 23.2 Å². The average molecular weight is 331 g/mol. The minimum Gasteiger partial charge on any atom is -0.487 e. The molecule has 0 spiro atoms. The molecule has 0 atom stereocenters. The van der Waals surface area contributed by atoms with E-state index in [0.29, 0.717) is 22.4 Å². The summed E-state index contributed by atoms with van der Waals surface area (Å²) in [6.45, 7) is 0.355. The number of ether oxygens (including phenoxy) is 1. The van der Waals surface area contributed by atoms with E-state index in [9.17, 15) is 0 Å². The molecule has 2 heterocycles. The maximum absolute atomic E-state index is 6.13. The number of hydrogen-bond donors (Lipinski definition) is 0. The smallest absolute Gasteiger partial charge is 0.138 e. The van der Waals surface area contributed by atoms with Crippen LogP contribution in [0.25, 0.3) is 11.1 Å². The highest BCUT2D eigenvalue weighted by Crippen LogP contribution is 2.25. The van der Waals surface area contributed by atoms with Gasteiger partial charge < -0.3 is 4.74 Å². The predicted octanol–water partition coefficient (Wildman–Crippen LogP) is 5.03. The normalized spacial score (nSPS) is 10.5. The van der Waals surface area contributed by atoms with Gasteiger partial charge in [-0.05, 0) is 24.3 Å². The Labute approximate surface area is 138 Å². The van der Waals surface area contributed by atoms with Crippen molar-refractivity contribution in [1.29, 1.82) is 0 Å². The van der Waals surface area contributed by atoms with Crippen molar-refractivity contribution in [1.82, 2.24) is 9.97 Å². The Bertz CT molecular complexity index is 779. The summed E-state index contributed by atoms with van der Waals surface area (Å²) in [4.78, 5) is 8.31. The maximum atomic E-state index is 6.13. The second kappa shape index (κ2) is 6.77. The minimum atomic E-state index is 0.355. The maximum Gasteiger partial charge on any atom is 0.138 e. The Balaban J connectivity index is 1.76. The van der Waals surface area contributed by atoms with Crippen molar-refractivity contribution < 1.29 is 4.74 Å². The first kappa shape index (κ1) is 14.8. The molecule has 3 aromatic rings. The van der Waals surface area contributed by atoms with Crippen LogP contribution in [-0.2, 0) is 6.61 Å². The van der Waals surface area contributed by atoms with Crippen LogP contribution in [0.2, 0.25) is 10.0 Å². The van der Waals surface area contributed by atoms with Gasteiger partial charge >= 0.3 is 0 Å². The Hall–Kier alpha value is -2.10. The predicted molar refractivity (Wildman–Crippen MR) is 88.3 cm³/mol. The molecular weight excluding hydrogens is 319 g/mol. The summed E-state index contributed by atoms with van der Waals surface area (Å²) < 4.78 is 5.76. The number of hydrogen-bond acceptors (Lipinski definition) is 3. The van der Waals surface area contributed by atoms with Crippen LogP contribution < -0.4 is 4.74 Å². The second-order valence-corrected chi connectivity index (χ2v) is 5.52. The van der Waals surface area contributed by atoms with Crippen molar-refractivity contribution in [3.8, 4) is 16.9 Å². The Morgan fingerprint density at radius 2 is 1.77 bits per heavy atom. The van der Waals surface area contributed by atoms with Crippen LogP contribution in [0.4, 0.5) is 0 Å². The highest BCUT2D eigenvalue weighted by atomic mass is 35.5. The number of pyridine rings is 2. The molecule has 3 rings (SSSR count). The molecule has 0 radical (unpaired) electrons. The van der Waals surface area contributed by atoms with Crippen molar-refractivity contribution in [3.63, 3.8) is 0 Å². The molecule has 0 aliphatic carbocycles. The van der Waals surface area contributed by atoms with Gasteiger partial charge in [0.15, 0.2) is 0 Å². The molecule has 110 valence electrons. The van der Waals surface area contributed by atoms with E-state index in [0.717, 1.165) is 16.7 Å². The quantitative estimate of drug-likeness (QED) is 0.672. The number of benzene rings is 1. The number of nitrogens with zero attached hydrogens (tertiary/aromatic N) is 2. The summed E-state index contributed by atoms with van der Waals surface area (Å²) in [5.74, 6) is 0.673. The van der Waals surface area contributed by atoms with Crippen LogP contribution in [-0.4, -0.2) is 9.97 Å². The molecule has 0 amide bonds. The largest absolute Gasteiger partial charge is 0.487 e. The monoisotopic (exact) mass is 330 g/mol. The zero-order valence-electron chi connectivity index (χ0n) is 11.5. The van der Waals surface area contributed by atoms with Crippen molar-refractivity contribution in [3.05, 3.63) is 76.8 Å². The Morgan fingerprint density at radius 3 is 2.55 bits per heavy atom. The lowest BCUT2D eigenvalue weighted by Crippen LogP contribution is -1.97. The summed E-state index contributed by atoms with van der Waals surface area (Å²) in [6.07, 6.45) is 6.97. The second-order valence-electron chi connectivity index (χ2n) is 4.68. The van der Waals surface area contributed by atoms with Crippen molar-refractivity contribution in [2.45, 2.75) is 6.61 Å². The van der Waals surface area contributed by atoms with E-state index in [4.69, 9.17) is 27.9 Å². The molecule has 2 aromatic heterocycles. The lowest BCUT2D eigenvalue weighted by atomic mass is 10.1. The fraction of sp³-hybridized carbons (Fsp3) is 0.0588. The zero-order valence-corrected chi connectivity index (χ0v) is 13.1. The van der Waals surface area contributed by atoms with Gasteiger partial charge in [-0.25, -0.2) is 0 Å². The standard InChI is InChI=1S/C17H12Cl2N2O/c18-15-4-3-13(17(19)7-15)11-22-16-6-14(9-21-10-16)12-2-1-5-20-8-12/h1-10H,11H2. The summed E-state index contributed by atoms with van der Waals surface area (Å²) in [6, 6.07) is 11.1. The van der Waals surface area contributed by atoms with E-state index in [1.165, 1.54) is 0 Å². The third kappa shape index (κ3) is 3.56. The van der Waals surface area contributed by atoms with Crippen LogP contribution in [0, 0.1) is 0 Å². The van der Waals surface area contributed by atoms with E-state index >= 15 is 0 Å². The molecular formula is C17H12Cl2N2O. The Morgan fingerprint density at radius 1 is 0.909 bits per heavy atom. The minimum absolute atomic E-state index is 0.355. The molecule has 1 aromatic carbocycles. The van der Waals surface area contributed by atoms with Gasteiger partial charge in [-0.3, -0.25) is 9.97 Å². The Kier molecular flexibility index (Phi) is 4.56. The average Bonchev–Trinajstić information content (AvgIpc) is 2.55. The number of halogens is 2. The third-order valence-corrected chi connectivity index (χ3v) is 3.70. The first-order chi connectivity index (χ1) is 10.7. The van der Waals surface area contributed by atoms with Gasteiger partial charge in [-0.2, -0.15) is 0 Å². The summed E-state index contributed by atoms with van der Waals surface area (Å²) in [5.41, 5.74) is 2.82. The van der Waals surface area contributed by atoms with E-state index in [2.05, 4.69) is 9.97 Å². The molecule has 0 aliphatic heterocycles. The van der Waals surface area contributed by atoms with E-state index in [-0.39, 0.29) is 0 Å². The van der Waals surface area contributed by atoms with E-state index < -0.39 is 0 Å². The highest BCUT2D eigenvalue weighted by Gasteiger charge is 2.04. The molecule has 22 heavy (non-hydrogen) atoms. The van der Waals surface area contributed by atoms with E-state index in [1.54, 1.807) is 36.9 Å². The number of aromatic nitrogens is 2. The molecule has 3 nitrogen and oxygen atoms in total. The summed E-state index contributed by atoms with van der Waals surface area (Å²) in [5, 5.41) is 1.19. The molecule has 5 heteroatoms. The first-order valence-electron chi connectivity index (χ1n) is 6.64. The van der Waals surface area contributed by atoms with Gasteiger partial charge in [-0.1, -0.05) is 35.3 Å². The molecule has 0 fully saturated rings. The zero-order chi connectivity index (χ0) is 15.4. The summed E-state index contributed by atoms with van der Waals surface area (Å²) in [7, 11) is 0.